The molecule has 4 aromatic heterocycles. The molecule has 0 aliphatic heterocycles. The summed E-state index contributed by atoms with van der Waals surface area (Å²) in [7, 11) is 0. The van der Waals surface area contributed by atoms with Gasteiger partial charge in [0.25, 0.3) is 0 Å². The monoisotopic (exact) mass is 349 g/mol. The van der Waals surface area contributed by atoms with E-state index >= 15 is 0 Å². The molecule has 4 heterocycles. The highest BCUT2D eigenvalue weighted by Crippen LogP contribution is 2.25. The third-order valence-corrected chi connectivity index (χ3v) is 4.50. The number of nitrogens with zero attached hydrogens (tertiary/aromatic N) is 6. The second-order valence-corrected chi connectivity index (χ2v) is 6.87. The van der Waals surface area contributed by atoms with Crippen molar-refractivity contribution < 1.29 is 0 Å². The van der Waals surface area contributed by atoms with Crippen LogP contribution in [0.3, 0.4) is 0 Å². The maximum absolute atomic E-state index is 4.73. The van der Waals surface area contributed by atoms with Crippen LogP contribution in [-0.4, -0.2) is 29.0 Å². The molecule has 1 atom stereocenters. The predicted octanol–water partition coefficient (Wildman–Crippen LogP) is 3.77. The Balaban J connectivity index is 1.76. The van der Waals surface area contributed by atoms with Gasteiger partial charge < -0.3 is 5.32 Å². The van der Waals surface area contributed by atoms with E-state index in [1.807, 2.05) is 40.4 Å². The Morgan fingerprint density at radius 3 is 2.73 bits per heavy atom. The Morgan fingerprint density at radius 1 is 1.15 bits per heavy atom. The van der Waals surface area contributed by atoms with Gasteiger partial charge >= 0.3 is 0 Å². The largest absolute Gasteiger partial charge is 0.361 e. The molecule has 0 unspecified atom stereocenters. The first-order chi connectivity index (χ1) is 12.5. The summed E-state index contributed by atoms with van der Waals surface area (Å²) in [5, 5.41) is 8.21. The molecule has 4 aromatic rings. The number of rotatable bonds is 5. The van der Waals surface area contributed by atoms with Gasteiger partial charge in [-0.25, -0.2) is 15.0 Å². The zero-order valence-electron chi connectivity index (χ0n) is 15.5. The Bertz CT molecular complexity index is 1030. The van der Waals surface area contributed by atoms with Crippen molar-refractivity contribution in [2.45, 2.75) is 46.1 Å². The van der Waals surface area contributed by atoms with Crippen LogP contribution >= 0.6 is 0 Å². The van der Waals surface area contributed by atoms with Gasteiger partial charge in [-0.05, 0) is 25.3 Å². The number of anilines is 1. The van der Waals surface area contributed by atoms with Gasteiger partial charge in [-0.3, -0.25) is 4.40 Å². The van der Waals surface area contributed by atoms with E-state index in [0.29, 0.717) is 11.7 Å². The Morgan fingerprint density at radius 2 is 2.00 bits per heavy atom. The van der Waals surface area contributed by atoms with Crippen molar-refractivity contribution >= 4 is 17.2 Å². The van der Waals surface area contributed by atoms with Crippen LogP contribution in [0.25, 0.3) is 11.4 Å². The van der Waals surface area contributed by atoms with Crippen LogP contribution in [0.1, 0.15) is 56.2 Å². The fraction of sp³-hybridized carbons (Fsp3) is 0.368. The van der Waals surface area contributed by atoms with E-state index in [-0.39, 0.29) is 6.04 Å². The molecule has 0 aromatic carbocycles. The number of hydrogen-bond acceptors (Lipinski definition) is 5. The number of aryl methyl sites for hydroxylation is 1. The van der Waals surface area contributed by atoms with Crippen LogP contribution in [0.4, 0.5) is 5.82 Å². The lowest BCUT2D eigenvalue weighted by molar-refractivity contribution is 0.712. The van der Waals surface area contributed by atoms with E-state index in [9.17, 15) is 0 Å². The first-order valence-corrected chi connectivity index (χ1v) is 8.98. The molecule has 0 saturated carbocycles. The first-order valence-electron chi connectivity index (χ1n) is 8.98. The van der Waals surface area contributed by atoms with E-state index in [4.69, 9.17) is 4.98 Å². The molecule has 134 valence electrons. The maximum atomic E-state index is 4.73. The highest BCUT2D eigenvalue weighted by molar-refractivity contribution is 5.52. The van der Waals surface area contributed by atoms with Crippen molar-refractivity contribution in [3.63, 3.8) is 0 Å². The molecule has 0 amide bonds. The van der Waals surface area contributed by atoms with Crippen LogP contribution in [-0.2, 0) is 0 Å². The van der Waals surface area contributed by atoms with Crippen molar-refractivity contribution in [2.75, 3.05) is 5.32 Å². The summed E-state index contributed by atoms with van der Waals surface area (Å²) in [4.78, 5) is 13.7. The molecule has 26 heavy (non-hydrogen) atoms. The number of imidazole rings is 1. The van der Waals surface area contributed by atoms with Crippen molar-refractivity contribution in [1.82, 2.24) is 29.0 Å². The Labute approximate surface area is 152 Å². The fourth-order valence-corrected chi connectivity index (χ4v) is 3.09. The second kappa shape index (κ2) is 6.40. The maximum Gasteiger partial charge on any atom is 0.233 e. The normalized spacial score (nSPS) is 13.0. The minimum Gasteiger partial charge on any atom is -0.361 e. The van der Waals surface area contributed by atoms with Crippen LogP contribution in [0, 0.1) is 6.92 Å². The summed E-state index contributed by atoms with van der Waals surface area (Å²) in [6.45, 7) is 8.43. The quantitative estimate of drug-likeness (QED) is 0.594. The summed E-state index contributed by atoms with van der Waals surface area (Å²) in [6, 6.07) is 6.06. The summed E-state index contributed by atoms with van der Waals surface area (Å²) < 4.78 is 3.82. The van der Waals surface area contributed by atoms with Crippen LogP contribution < -0.4 is 5.32 Å². The lowest BCUT2D eigenvalue weighted by atomic mass is 10.1. The van der Waals surface area contributed by atoms with E-state index in [2.05, 4.69) is 47.2 Å². The van der Waals surface area contributed by atoms with Gasteiger partial charge in [0.15, 0.2) is 5.65 Å². The van der Waals surface area contributed by atoms with E-state index in [1.165, 1.54) is 0 Å². The first kappa shape index (κ1) is 16.5. The molecule has 0 radical (unpaired) electrons. The summed E-state index contributed by atoms with van der Waals surface area (Å²) in [6.07, 6.45) is 6.64. The molecule has 0 aliphatic rings. The van der Waals surface area contributed by atoms with Crippen LogP contribution in [0.2, 0.25) is 0 Å². The zero-order chi connectivity index (χ0) is 18.3. The Hall–Kier alpha value is -2.96. The number of nitrogens with one attached hydrogen (secondary N) is 1. The standard InChI is InChI=1S/C19H23N7/c1-5-14(16-11-25-8-6-7-20-19(25)23-16)21-18-10-15(12(2)3)22-17-9-13(4)24-26(17)18/h6-12,14,21H,5H2,1-4H3/t14-/m0/s1. The highest BCUT2D eigenvalue weighted by atomic mass is 15.3. The third kappa shape index (κ3) is 2.89. The molecule has 0 bridgehead atoms. The minimum absolute atomic E-state index is 0.0619. The van der Waals surface area contributed by atoms with Crippen molar-refractivity contribution in [2.24, 2.45) is 0 Å². The topological polar surface area (TPSA) is 72.4 Å². The van der Waals surface area contributed by atoms with Crippen molar-refractivity contribution in [1.29, 1.82) is 0 Å². The van der Waals surface area contributed by atoms with Gasteiger partial charge in [-0.1, -0.05) is 20.8 Å². The van der Waals surface area contributed by atoms with Gasteiger partial charge in [-0.15, -0.1) is 0 Å². The molecule has 0 aliphatic carbocycles. The summed E-state index contributed by atoms with van der Waals surface area (Å²) >= 11 is 0. The molecule has 0 saturated heterocycles. The summed E-state index contributed by atoms with van der Waals surface area (Å²) in [5.74, 6) is 1.99. The molecule has 0 fully saturated rings. The third-order valence-electron chi connectivity index (χ3n) is 4.50. The average molecular weight is 349 g/mol. The molecule has 0 spiro atoms. The highest BCUT2D eigenvalue weighted by Gasteiger charge is 2.17. The van der Waals surface area contributed by atoms with Gasteiger partial charge in [0.1, 0.15) is 5.82 Å². The zero-order valence-corrected chi connectivity index (χ0v) is 15.5. The van der Waals surface area contributed by atoms with Crippen LogP contribution in [0.15, 0.2) is 36.8 Å². The SMILES string of the molecule is CC[C@H](Nc1cc(C(C)C)nc2cc(C)nn12)c1cn2cccnc2n1. The molecule has 7 heteroatoms. The predicted molar refractivity (Wildman–Crippen MR) is 101 cm³/mol. The van der Waals surface area contributed by atoms with Crippen LogP contribution in [0.5, 0.6) is 0 Å². The minimum atomic E-state index is 0.0619. The lowest BCUT2D eigenvalue weighted by Gasteiger charge is -2.18. The van der Waals surface area contributed by atoms with E-state index in [1.54, 1.807) is 6.20 Å². The number of fused-ring (bicyclic) bond motifs is 2. The smallest absolute Gasteiger partial charge is 0.233 e. The number of aromatic nitrogens is 6. The van der Waals surface area contributed by atoms with Gasteiger partial charge in [0, 0.05) is 36.4 Å². The lowest BCUT2D eigenvalue weighted by Crippen LogP contribution is -2.14. The van der Waals surface area contributed by atoms with E-state index < -0.39 is 0 Å². The summed E-state index contributed by atoms with van der Waals surface area (Å²) in [5.41, 5.74) is 3.83. The van der Waals surface area contributed by atoms with Crippen molar-refractivity contribution in [3.05, 3.63) is 53.9 Å². The average Bonchev–Trinajstić information content (AvgIpc) is 3.21. The van der Waals surface area contributed by atoms with E-state index in [0.717, 1.165) is 35.0 Å². The molecule has 7 nitrogen and oxygen atoms in total. The van der Waals surface area contributed by atoms with Gasteiger partial charge in [0.05, 0.1) is 17.4 Å². The Kier molecular flexibility index (Phi) is 4.06. The van der Waals surface area contributed by atoms with Gasteiger partial charge in [-0.2, -0.15) is 9.61 Å². The molecular formula is C19H23N7. The van der Waals surface area contributed by atoms with Gasteiger partial charge in [0.2, 0.25) is 5.78 Å². The molecule has 4 rings (SSSR count). The van der Waals surface area contributed by atoms with Crippen molar-refractivity contribution in [3.8, 4) is 0 Å². The fourth-order valence-electron chi connectivity index (χ4n) is 3.09. The second-order valence-electron chi connectivity index (χ2n) is 6.87. The number of hydrogen-bond donors (Lipinski definition) is 1. The molecule has 1 N–H and O–H groups in total. The molecular weight excluding hydrogens is 326 g/mol.